The molecule has 2 aliphatic carbocycles. The quantitative estimate of drug-likeness (QED) is 0.507. The van der Waals surface area contributed by atoms with Crippen LogP contribution in [0.3, 0.4) is 0 Å². The van der Waals surface area contributed by atoms with Crippen LogP contribution in [0.15, 0.2) is 0 Å². The van der Waals surface area contributed by atoms with E-state index in [1.54, 1.807) is 0 Å². The van der Waals surface area contributed by atoms with Crippen molar-refractivity contribution < 1.29 is 23.6 Å². The van der Waals surface area contributed by atoms with Gasteiger partial charge in [0.2, 0.25) is 5.91 Å². The number of rotatable bonds is 6. The van der Waals surface area contributed by atoms with Crippen LogP contribution in [0.5, 0.6) is 0 Å². The number of ether oxygens (including phenoxy) is 1. The van der Waals surface area contributed by atoms with Crippen LogP contribution in [0.1, 0.15) is 91.9 Å². The van der Waals surface area contributed by atoms with Crippen LogP contribution in [0.25, 0.3) is 0 Å². The monoisotopic (exact) mass is 447 g/mol. The molecule has 0 spiro atoms. The Hall–Kier alpha value is -1.08. The van der Waals surface area contributed by atoms with Gasteiger partial charge in [-0.3, -0.25) is 4.79 Å². The van der Waals surface area contributed by atoms with Crippen molar-refractivity contribution in [3.05, 3.63) is 0 Å². The van der Waals surface area contributed by atoms with Gasteiger partial charge in [0.25, 0.3) is 0 Å². The lowest BCUT2D eigenvalue weighted by molar-refractivity contribution is -0.133. The molecule has 4 fully saturated rings. The lowest BCUT2D eigenvalue weighted by Gasteiger charge is -2.35. The van der Waals surface area contributed by atoms with Crippen LogP contribution < -0.4 is 0 Å². The zero-order valence-corrected chi connectivity index (χ0v) is 20.5. The average Bonchev–Trinajstić information content (AvgIpc) is 3.43. The van der Waals surface area contributed by atoms with E-state index in [-0.39, 0.29) is 55.5 Å². The summed E-state index contributed by atoms with van der Waals surface area (Å²) in [6.45, 7) is 8.28. The summed E-state index contributed by atoms with van der Waals surface area (Å²) >= 11 is 0. The van der Waals surface area contributed by atoms with Crippen molar-refractivity contribution in [1.82, 2.24) is 4.90 Å². The Labute approximate surface area is 194 Å². The van der Waals surface area contributed by atoms with E-state index in [0.717, 1.165) is 0 Å². The van der Waals surface area contributed by atoms with Gasteiger partial charge in [0.1, 0.15) is 6.61 Å². The Morgan fingerprint density at radius 2 is 1.38 bits per heavy atom. The average molecular weight is 447 g/mol. The summed E-state index contributed by atoms with van der Waals surface area (Å²) in [5, 5.41) is 0. The number of nitrogens with zero attached hydrogens (tertiary/aromatic N) is 1. The molecule has 2 saturated carbocycles. The van der Waals surface area contributed by atoms with Crippen molar-refractivity contribution in [3.8, 4) is 0 Å². The van der Waals surface area contributed by atoms with E-state index < -0.39 is 6.09 Å². The minimum absolute atomic E-state index is 0.122. The predicted octanol–water partition coefficient (Wildman–Crippen LogP) is 5.45. The van der Waals surface area contributed by atoms with E-state index >= 15 is 0 Å². The Morgan fingerprint density at radius 1 is 0.875 bits per heavy atom. The lowest BCUT2D eigenvalue weighted by Crippen LogP contribution is -2.46. The van der Waals surface area contributed by atoms with E-state index in [0.29, 0.717) is 11.8 Å². The van der Waals surface area contributed by atoms with Gasteiger partial charge >= 0.3 is 13.2 Å². The Kier molecular flexibility index (Phi) is 7.87. The Bertz CT molecular complexity index is 635. The Balaban J connectivity index is 1.46. The molecule has 0 bridgehead atoms. The highest BCUT2D eigenvalue weighted by Gasteiger charge is 2.51. The molecular weight excluding hydrogens is 405 g/mol. The van der Waals surface area contributed by atoms with Crippen LogP contribution in [0.2, 0.25) is 5.82 Å². The second kappa shape index (κ2) is 10.5. The fourth-order valence-corrected chi connectivity index (χ4v) is 6.29. The number of carbonyl (C=O) groups is 2. The van der Waals surface area contributed by atoms with Gasteiger partial charge in [-0.05, 0) is 43.4 Å². The summed E-state index contributed by atoms with van der Waals surface area (Å²) in [4.78, 5) is 27.0. The van der Waals surface area contributed by atoms with Gasteiger partial charge in [-0.1, -0.05) is 66.2 Å². The van der Waals surface area contributed by atoms with E-state index in [1.165, 1.54) is 69.1 Å². The molecule has 0 unspecified atom stereocenters. The second-order valence-electron chi connectivity index (χ2n) is 11.1. The fourth-order valence-electron chi connectivity index (χ4n) is 6.29. The molecule has 5 atom stereocenters. The van der Waals surface area contributed by atoms with Crippen molar-refractivity contribution in [2.75, 3.05) is 6.61 Å². The third-order valence-corrected chi connectivity index (χ3v) is 8.66. The predicted molar refractivity (Wildman–Crippen MR) is 124 cm³/mol. The van der Waals surface area contributed by atoms with Crippen molar-refractivity contribution in [2.24, 2.45) is 23.7 Å². The smallest absolute Gasteiger partial charge is 0.447 e. The van der Waals surface area contributed by atoms with Crippen LogP contribution >= 0.6 is 0 Å². The van der Waals surface area contributed by atoms with E-state index in [9.17, 15) is 9.59 Å². The zero-order valence-electron chi connectivity index (χ0n) is 20.5. The maximum atomic E-state index is 13.3. The minimum Gasteiger partial charge on any atom is -0.447 e. The second-order valence-corrected chi connectivity index (χ2v) is 11.1. The van der Waals surface area contributed by atoms with Crippen LogP contribution in [-0.4, -0.2) is 48.9 Å². The zero-order chi connectivity index (χ0) is 22.8. The first kappa shape index (κ1) is 24.1. The van der Waals surface area contributed by atoms with E-state index in [4.69, 9.17) is 14.0 Å². The summed E-state index contributed by atoms with van der Waals surface area (Å²) in [5.41, 5.74) is 0. The van der Waals surface area contributed by atoms with Crippen LogP contribution in [-0.2, 0) is 18.8 Å². The number of imide groups is 1. The maximum absolute atomic E-state index is 13.3. The number of hydrogen-bond acceptors (Lipinski definition) is 5. The molecule has 7 heteroatoms. The highest BCUT2D eigenvalue weighted by Crippen LogP contribution is 2.43. The molecule has 0 aromatic rings. The third kappa shape index (κ3) is 4.89. The molecule has 0 aromatic heterocycles. The number of carbonyl (C=O) groups excluding carboxylic acids is 2. The molecule has 32 heavy (non-hydrogen) atoms. The third-order valence-electron chi connectivity index (χ3n) is 8.66. The molecule has 2 aliphatic heterocycles. The van der Waals surface area contributed by atoms with Gasteiger partial charge in [-0.2, -0.15) is 0 Å². The van der Waals surface area contributed by atoms with Crippen molar-refractivity contribution in [1.29, 1.82) is 0 Å². The summed E-state index contributed by atoms with van der Waals surface area (Å²) in [7, 11) is -0.385. The van der Waals surface area contributed by atoms with Crippen molar-refractivity contribution in [3.63, 3.8) is 0 Å². The Morgan fingerprint density at radius 3 is 1.84 bits per heavy atom. The molecule has 2 saturated heterocycles. The fraction of sp³-hybridized carbons (Fsp3) is 0.920. The van der Waals surface area contributed by atoms with Gasteiger partial charge in [0.15, 0.2) is 0 Å². The number of amides is 2. The van der Waals surface area contributed by atoms with Gasteiger partial charge in [-0.15, -0.1) is 0 Å². The molecule has 0 N–H and O–H groups in total. The molecule has 2 amide bonds. The first-order valence-electron chi connectivity index (χ1n) is 13.2. The highest BCUT2D eigenvalue weighted by atomic mass is 16.7. The first-order chi connectivity index (χ1) is 15.4. The summed E-state index contributed by atoms with van der Waals surface area (Å²) in [6.07, 6.45) is 12.5. The molecule has 4 aliphatic rings. The van der Waals surface area contributed by atoms with Gasteiger partial charge in [-0.25, -0.2) is 9.69 Å². The van der Waals surface area contributed by atoms with Crippen LogP contribution in [0.4, 0.5) is 4.79 Å². The maximum Gasteiger partial charge on any atom is 0.461 e. The highest BCUT2D eigenvalue weighted by molar-refractivity contribution is 6.47. The first-order valence-corrected chi connectivity index (χ1v) is 13.2. The molecule has 0 radical (unpaired) electrons. The molecule has 180 valence electrons. The number of cyclic esters (lactones) is 1. The lowest BCUT2D eigenvalue weighted by atomic mass is 9.66. The standard InChI is InChI=1S/C25H42BNO5/c1-16(2)21-15-30-25(29)27(21)24(28)17(3)18(4)26-31-22(19-11-7-5-8-12-19)23(32-26)20-13-9-6-10-14-20/h16-23H,5-15H2,1-4H3/t17-,18+,21+,22-,23-/m0/s1. The van der Waals surface area contributed by atoms with Gasteiger partial charge in [0.05, 0.1) is 18.2 Å². The minimum atomic E-state index is -0.513. The van der Waals surface area contributed by atoms with Crippen molar-refractivity contribution >= 4 is 19.1 Å². The molecule has 2 heterocycles. The largest absolute Gasteiger partial charge is 0.461 e. The van der Waals surface area contributed by atoms with Gasteiger partial charge in [0, 0.05) is 11.7 Å². The van der Waals surface area contributed by atoms with E-state index in [1.807, 2.05) is 27.7 Å². The summed E-state index contributed by atoms with van der Waals surface area (Å²) in [5.74, 6) is 0.641. The summed E-state index contributed by atoms with van der Waals surface area (Å²) < 4.78 is 18.5. The van der Waals surface area contributed by atoms with Crippen molar-refractivity contribution in [2.45, 2.75) is 116 Å². The molecule has 4 rings (SSSR count). The van der Waals surface area contributed by atoms with E-state index in [2.05, 4.69) is 0 Å². The molecular formula is C25H42BNO5. The molecule has 6 nitrogen and oxygen atoms in total. The summed E-state index contributed by atoms with van der Waals surface area (Å²) in [6, 6.07) is -0.194. The topological polar surface area (TPSA) is 65.1 Å². The molecule has 0 aromatic carbocycles. The van der Waals surface area contributed by atoms with Gasteiger partial charge < -0.3 is 14.0 Å². The number of hydrogen-bond donors (Lipinski definition) is 0. The normalized spacial score (nSPS) is 32.4. The van der Waals surface area contributed by atoms with Crippen LogP contribution in [0, 0.1) is 23.7 Å². The SMILES string of the molecule is CC(C)[C@H]1COC(=O)N1C(=O)[C@@H](C)[C@@H](C)B1O[C@@H](C2CCCCC2)[C@H](C2CCCCC2)O1.